The van der Waals surface area contributed by atoms with Crippen molar-refractivity contribution in [2.24, 2.45) is 10.3 Å². The van der Waals surface area contributed by atoms with Gasteiger partial charge in [-0.1, -0.05) is 30.1 Å². The number of ether oxygens (including phenoxy) is 1. The molecule has 0 aromatic rings. The lowest BCUT2D eigenvalue weighted by atomic mass is 9.89. The van der Waals surface area contributed by atoms with Gasteiger partial charge in [-0.3, -0.25) is 0 Å². The number of unbranched alkanes of at least 4 members (excludes halogenated alkanes) is 1. The normalized spacial score (nSPS) is 35.8. The number of hydrogen-bond acceptors (Lipinski definition) is 6. The first-order chi connectivity index (χ1) is 8.69. The van der Waals surface area contributed by atoms with E-state index < -0.39 is 37.0 Å². The predicted molar refractivity (Wildman–Crippen MR) is 63.8 cm³/mol. The highest BCUT2D eigenvalue weighted by Gasteiger charge is 2.45. The first-order valence-electron chi connectivity index (χ1n) is 6.00. The van der Waals surface area contributed by atoms with E-state index in [1.807, 2.05) is 6.92 Å². The van der Waals surface area contributed by atoms with Crippen LogP contribution in [0.5, 0.6) is 0 Å². The van der Waals surface area contributed by atoms with Gasteiger partial charge < -0.3 is 14.9 Å². The third-order valence-electron chi connectivity index (χ3n) is 3.14. The summed E-state index contributed by atoms with van der Waals surface area (Å²) in [5.41, 5.74) is 8.51. The standard InChI is InChI=1S/C10H18N4O4/c1-2-3-4-6-8(12-14-11)9(13-17)10(16)7(5-15)18-6/h6-10,15-16H,2-5H2,1H3/t6-,7?,8?,9?,10-/m0/s1. The Balaban J connectivity index is 2.90. The Morgan fingerprint density at radius 1 is 1.39 bits per heavy atom. The van der Waals surface area contributed by atoms with Gasteiger partial charge in [0.1, 0.15) is 18.2 Å². The molecule has 0 amide bonds. The monoisotopic (exact) mass is 258 g/mol. The maximum atomic E-state index is 10.8. The molecule has 1 fully saturated rings. The highest BCUT2D eigenvalue weighted by atomic mass is 16.5. The molecule has 1 saturated heterocycles. The Bertz CT molecular complexity index is 321. The van der Waals surface area contributed by atoms with Crippen LogP contribution < -0.4 is 0 Å². The number of nitrogens with zero attached hydrogens (tertiary/aromatic N) is 4. The topological polar surface area (TPSA) is 128 Å². The molecular weight excluding hydrogens is 240 g/mol. The highest BCUT2D eigenvalue weighted by Crippen LogP contribution is 2.28. The first kappa shape index (κ1) is 14.8. The van der Waals surface area contributed by atoms with Crippen molar-refractivity contribution in [3.63, 3.8) is 0 Å². The molecule has 8 nitrogen and oxygen atoms in total. The number of hydrogen-bond donors (Lipinski definition) is 2. The number of nitroso groups, excluding NO2 is 1. The summed E-state index contributed by atoms with van der Waals surface area (Å²) >= 11 is 0. The lowest BCUT2D eigenvalue weighted by Gasteiger charge is -2.39. The van der Waals surface area contributed by atoms with Gasteiger partial charge >= 0.3 is 0 Å². The van der Waals surface area contributed by atoms with E-state index in [4.69, 9.17) is 15.4 Å². The number of aliphatic hydroxyl groups is 2. The zero-order valence-electron chi connectivity index (χ0n) is 10.2. The van der Waals surface area contributed by atoms with Crippen LogP contribution in [0.1, 0.15) is 26.2 Å². The average Bonchev–Trinajstić information content (AvgIpc) is 2.38. The molecule has 1 aliphatic rings. The SMILES string of the molecule is CCCC[C@@H]1OC(CO)[C@H](O)C(N=O)C1N=[N+]=[N-]. The molecule has 2 N–H and O–H groups in total. The average molecular weight is 258 g/mol. The van der Waals surface area contributed by atoms with Gasteiger partial charge in [0.25, 0.3) is 0 Å². The summed E-state index contributed by atoms with van der Waals surface area (Å²) in [6.07, 6.45) is -0.254. The van der Waals surface area contributed by atoms with Gasteiger partial charge in [-0.25, -0.2) is 0 Å². The minimum absolute atomic E-state index is 0.404. The molecule has 0 aromatic carbocycles. The van der Waals surface area contributed by atoms with Crippen LogP contribution in [-0.2, 0) is 4.74 Å². The lowest BCUT2D eigenvalue weighted by molar-refractivity contribution is -0.151. The van der Waals surface area contributed by atoms with Crippen molar-refractivity contribution in [1.29, 1.82) is 0 Å². The van der Waals surface area contributed by atoms with Crippen LogP contribution in [-0.4, -0.2) is 47.2 Å². The molecule has 0 aliphatic carbocycles. The van der Waals surface area contributed by atoms with Crippen molar-refractivity contribution in [2.45, 2.75) is 56.6 Å². The van der Waals surface area contributed by atoms with E-state index >= 15 is 0 Å². The maximum absolute atomic E-state index is 10.8. The fourth-order valence-corrected chi connectivity index (χ4v) is 2.15. The summed E-state index contributed by atoms with van der Waals surface area (Å²) in [5.74, 6) is 0. The summed E-state index contributed by atoms with van der Waals surface area (Å²) in [4.78, 5) is 13.5. The molecule has 18 heavy (non-hydrogen) atoms. The Hall–Kier alpha value is -1.21. The first-order valence-corrected chi connectivity index (χ1v) is 6.00. The van der Waals surface area contributed by atoms with E-state index in [1.54, 1.807) is 0 Å². The van der Waals surface area contributed by atoms with Crippen LogP contribution in [0.2, 0.25) is 0 Å². The second-order valence-corrected chi connectivity index (χ2v) is 4.32. The van der Waals surface area contributed by atoms with Crippen LogP contribution in [0, 0.1) is 4.91 Å². The molecule has 3 unspecified atom stereocenters. The minimum Gasteiger partial charge on any atom is -0.394 e. The second kappa shape index (κ2) is 7.27. The van der Waals surface area contributed by atoms with Crippen molar-refractivity contribution >= 4 is 0 Å². The number of azide groups is 1. The van der Waals surface area contributed by atoms with Crippen molar-refractivity contribution in [3.05, 3.63) is 15.3 Å². The largest absolute Gasteiger partial charge is 0.394 e. The molecule has 5 atom stereocenters. The number of rotatable bonds is 6. The summed E-state index contributed by atoms with van der Waals surface area (Å²) < 4.78 is 5.48. The molecule has 0 aromatic heterocycles. The van der Waals surface area contributed by atoms with E-state index in [0.29, 0.717) is 6.42 Å². The molecule has 0 bridgehead atoms. The molecule has 8 heteroatoms. The molecule has 1 aliphatic heterocycles. The van der Waals surface area contributed by atoms with E-state index in [0.717, 1.165) is 12.8 Å². The van der Waals surface area contributed by atoms with Crippen LogP contribution in [0.25, 0.3) is 10.4 Å². The summed E-state index contributed by atoms with van der Waals surface area (Å²) in [5, 5.41) is 25.2. The van der Waals surface area contributed by atoms with Gasteiger partial charge in [0.05, 0.1) is 18.8 Å². The molecule has 1 rings (SSSR count). The van der Waals surface area contributed by atoms with Gasteiger partial charge in [0, 0.05) is 4.91 Å². The summed E-state index contributed by atoms with van der Waals surface area (Å²) in [7, 11) is 0. The quantitative estimate of drug-likeness (QED) is 0.320. The van der Waals surface area contributed by atoms with Gasteiger partial charge in [-0.2, -0.15) is 4.91 Å². The van der Waals surface area contributed by atoms with E-state index in [2.05, 4.69) is 15.2 Å². The Morgan fingerprint density at radius 3 is 2.61 bits per heavy atom. The van der Waals surface area contributed by atoms with E-state index in [-0.39, 0.29) is 0 Å². The van der Waals surface area contributed by atoms with Crippen molar-refractivity contribution in [2.75, 3.05) is 6.61 Å². The second-order valence-electron chi connectivity index (χ2n) is 4.32. The number of aliphatic hydroxyl groups excluding tert-OH is 2. The van der Waals surface area contributed by atoms with Crippen LogP contribution in [0.15, 0.2) is 10.3 Å². The Kier molecular flexibility index (Phi) is 6.00. The van der Waals surface area contributed by atoms with Crippen LogP contribution in [0.3, 0.4) is 0 Å². The smallest absolute Gasteiger partial charge is 0.131 e. The minimum atomic E-state index is -1.25. The Labute approximate surface area is 105 Å². The molecular formula is C10H18N4O4. The highest BCUT2D eigenvalue weighted by molar-refractivity contribution is 5.00. The molecule has 0 spiro atoms. The zero-order valence-corrected chi connectivity index (χ0v) is 10.2. The van der Waals surface area contributed by atoms with Gasteiger partial charge in [0.15, 0.2) is 0 Å². The van der Waals surface area contributed by atoms with Crippen LogP contribution >= 0.6 is 0 Å². The lowest BCUT2D eigenvalue weighted by Crippen LogP contribution is -2.56. The maximum Gasteiger partial charge on any atom is 0.131 e. The molecule has 1 heterocycles. The van der Waals surface area contributed by atoms with Crippen molar-refractivity contribution in [1.82, 2.24) is 0 Å². The zero-order chi connectivity index (χ0) is 13.5. The fourth-order valence-electron chi connectivity index (χ4n) is 2.15. The van der Waals surface area contributed by atoms with Gasteiger partial charge in [-0.05, 0) is 12.0 Å². The Morgan fingerprint density at radius 2 is 2.11 bits per heavy atom. The van der Waals surface area contributed by atoms with Gasteiger partial charge in [-0.15, -0.1) is 0 Å². The van der Waals surface area contributed by atoms with Crippen molar-refractivity contribution < 1.29 is 14.9 Å². The third-order valence-corrected chi connectivity index (χ3v) is 3.14. The fraction of sp³-hybridized carbons (Fsp3) is 1.00. The summed E-state index contributed by atoms with van der Waals surface area (Å²) in [6, 6.07) is -1.90. The van der Waals surface area contributed by atoms with Gasteiger partial charge in [0.2, 0.25) is 0 Å². The van der Waals surface area contributed by atoms with Crippen molar-refractivity contribution in [3.8, 4) is 0 Å². The molecule has 0 radical (unpaired) electrons. The third kappa shape index (κ3) is 3.17. The summed E-state index contributed by atoms with van der Waals surface area (Å²) in [6.45, 7) is 1.60. The van der Waals surface area contributed by atoms with Crippen LogP contribution in [0.4, 0.5) is 0 Å². The molecule has 0 saturated carbocycles. The predicted octanol–water partition coefficient (Wildman–Crippen LogP) is 1.11. The van der Waals surface area contributed by atoms with E-state index in [9.17, 15) is 10.0 Å². The van der Waals surface area contributed by atoms with E-state index in [1.165, 1.54) is 0 Å². The molecule has 102 valence electrons.